The van der Waals surface area contributed by atoms with E-state index >= 15 is 0 Å². The Balaban J connectivity index is 0.00000656. The van der Waals surface area contributed by atoms with Gasteiger partial charge in [0, 0.05) is 56.0 Å². The van der Waals surface area contributed by atoms with Crippen molar-refractivity contribution in [3.63, 3.8) is 0 Å². The molecule has 0 saturated carbocycles. The summed E-state index contributed by atoms with van der Waals surface area (Å²) in [6, 6.07) is 35.7. The van der Waals surface area contributed by atoms with Crippen molar-refractivity contribution in [2.24, 2.45) is 0 Å². The molecule has 10 rings (SSSR count). The smallest absolute Gasteiger partial charge is 0.268 e. The number of imidazole rings is 1. The van der Waals surface area contributed by atoms with E-state index in [4.69, 9.17) is 23.4 Å². The van der Waals surface area contributed by atoms with Crippen molar-refractivity contribution < 1.29 is 44.1 Å². The van der Waals surface area contributed by atoms with Gasteiger partial charge in [-0.3, -0.25) is 4.57 Å². The minimum atomic E-state index is -1.79. The second-order valence-corrected chi connectivity index (χ2v) is 27.0. The van der Waals surface area contributed by atoms with Gasteiger partial charge in [-0.15, -0.1) is 29.7 Å². The Morgan fingerprint density at radius 3 is 1.94 bits per heavy atom. The first-order valence-corrected chi connectivity index (χ1v) is 27.2. The van der Waals surface area contributed by atoms with E-state index in [0.29, 0.717) is 28.2 Å². The van der Waals surface area contributed by atoms with Gasteiger partial charge in [-0.05, 0) is 45.5 Å². The number of fused-ring (bicyclic) bond motifs is 4. The third-order valence-corrected chi connectivity index (χ3v) is 17.9. The summed E-state index contributed by atoms with van der Waals surface area (Å²) in [4.78, 5) is 4.93. The zero-order valence-electron chi connectivity index (χ0n) is 45.4. The number of ether oxygens (including phenoxy) is 1. The summed E-state index contributed by atoms with van der Waals surface area (Å²) in [5.41, 5.74) is 4.77. The number of hydrogen-bond donors (Lipinski definition) is 0. The molecule has 10 aromatic rings. The quantitative estimate of drug-likeness (QED) is 0.0778. The van der Waals surface area contributed by atoms with Crippen LogP contribution >= 0.6 is 0 Å². The molecular formula is C54H47N5OPtSi2-2. The van der Waals surface area contributed by atoms with Crippen molar-refractivity contribution in [1.29, 1.82) is 0 Å². The molecule has 0 aliphatic carbocycles. The zero-order valence-corrected chi connectivity index (χ0v) is 39.7. The van der Waals surface area contributed by atoms with Crippen LogP contribution in [0.15, 0.2) is 176 Å². The Hall–Kier alpha value is -6.32. The first-order chi connectivity index (χ1) is 34.2. The van der Waals surface area contributed by atoms with E-state index in [1.54, 1.807) is 33.4 Å². The number of aromatic nitrogens is 4. The van der Waals surface area contributed by atoms with Crippen molar-refractivity contribution in [1.82, 2.24) is 14.1 Å². The van der Waals surface area contributed by atoms with E-state index < -0.39 is 76.9 Å². The van der Waals surface area contributed by atoms with Crippen molar-refractivity contribution in [2.45, 2.75) is 39.3 Å². The maximum atomic E-state index is 9.02. The average molecular weight is 1040 g/mol. The summed E-state index contributed by atoms with van der Waals surface area (Å²) in [6.45, 7) is 14.3. The summed E-state index contributed by atoms with van der Waals surface area (Å²) >= 11 is 0. The maximum Gasteiger partial charge on any atom is 0.268 e. The fourth-order valence-corrected chi connectivity index (χ4v) is 18.6. The minimum Gasteiger partial charge on any atom is -0.510 e. The van der Waals surface area contributed by atoms with Crippen LogP contribution in [0.1, 0.15) is 13.7 Å². The molecule has 0 saturated heterocycles. The predicted molar refractivity (Wildman–Crippen MR) is 260 cm³/mol. The molecule has 314 valence electrons. The SMILES string of the molecule is [2H]c1c([2H])c([2H])c(-c2cccc(-c3c([2H])c([2H])c([2H])c([2H])c3[2H])c2-[n+]2[c-]n(-c3[c-]c(Oc4[c-]c5c(cc4)c4ccccc4n5-c4cc(N([Si](C)(C)C)[Si](C)(C)C)ccn4)ccc3)c3ccccc32)c([2H])c1[2H].[Pt]. The molecule has 0 radical (unpaired) electrons. The molecule has 0 aliphatic rings. The number of nitrogens with zero attached hydrogens (tertiary/aromatic N) is 5. The Labute approximate surface area is 400 Å². The molecule has 7 aromatic carbocycles. The van der Waals surface area contributed by atoms with E-state index in [1.165, 1.54) is 0 Å². The number of anilines is 1. The zero-order chi connectivity index (χ0) is 51.3. The van der Waals surface area contributed by atoms with Gasteiger partial charge in [-0.2, -0.15) is 18.2 Å². The molecule has 0 spiro atoms. The average Bonchev–Trinajstić information content (AvgIpc) is 3.89. The van der Waals surface area contributed by atoms with Gasteiger partial charge in [-0.1, -0.05) is 166 Å². The van der Waals surface area contributed by atoms with Crippen molar-refractivity contribution in [2.75, 3.05) is 4.23 Å². The number of para-hydroxylation sites is 4. The van der Waals surface area contributed by atoms with Crippen LogP contribution in [0.4, 0.5) is 5.69 Å². The van der Waals surface area contributed by atoms with Crippen LogP contribution in [0.3, 0.4) is 0 Å². The summed E-state index contributed by atoms with van der Waals surface area (Å²) in [6.07, 6.45) is 5.30. The molecule has 0 aliphatic heterocycles. The first kappa shape index (κ1) is 31.5. The van der Waals surface area contributed by atoms with Crippen LogP contribution < -0.4 is 13.5 Å². The molecule has 0 bridgehead atoms. The molecule has 0 amide bonds. The van der Waals surface area contributed by atoms with Crippen LogP contribution in [0.2, 0.25) is 39.3 Å². The third-order valence-electron chi connectivity index (χ3n) is 10.7. The van der Waals surface area contributed by atoms with Crippen molar-refractivity contribution in [3.05, 3.63) is 194 Å². The van der Waals surface area contributed by atoms with Gasteiger partial charge >= 0.3 is 0 Å². The van der Waals surface area contributed by atoms with E-state index in [-0.39, 0.29) is 49.0 Å². The maximum absolute atomic E-state index is 9.02. The normalized spacial score (nSPS) is 14.1. The fraction of sp³-hybridized carbons (Fsp3) is 0.111. The molecule has 0 unspecified atom stereocenters. The Bertz CT molecular complexity index is 3710. The summed E-state index contributed by atoms with van der Waals surface area (Å²) in [5, 5.41) is 2.04. The number of rotatable bonds is 10. The van der Waals surface area contributed by atoms with Gasteiger partial charge in [0.25, 0.3) is 6.33 Å². The summed E-state index contributed by atoms with van der Waals surface area (Å²) in [7, 11) is -3.57. The Morgan fingerprint density at radius 1 is 0.635 bits per heavy atom. The summed E-state index contributed by atoms with van der Waals surface area (Å²) < 4.78 is 102. The number of benzene rings is 7. The monoisotopic (exact) mass is 1040 g/mol. The molecule has 63 heavy (non-hydrogen) atoms. The van der Waals surface area contributed by atoms with Crippen LogP contribution in [-0.4, -0.2) is 30.6 Å². The standard InChI is InChI=1S/C54H47N5OSi2.Pt/c1-61(2,3)59(62(4,5)6)42-33-34-55-53(36-42)58-49-28-14-13-25-47(49)48-32-31-44(37-52(48)58)60-43-24-17-23-41(35-43)56-38-57(51-30-16-15-29-50(51)56)54-45(39-19-9-7-10-20-39)26-18-27-46(54)40-21-11-8-12-22-40;/h7-34,36H,1-6H3;/q-2;/i7D,8D,9D,10D,11D,12D,19D,20D,21D,22D;. The molecule has 9 heteroatoms. The van der Waals surface area contributed by atoms with Gasteiger partial charge in [0.15, 0.2) is 0 Å². The van der Waals surface area contributed by atoms with Gasteiger partial charge in [0.2, 0.25) is 0 Å². The van der Waals surface area contributed by atoms with Crippen LogP contribution in [0, 0.1) is 18.5 Å². The number of pyridine rings is 1. The summed E-state index contributed by atoms with van der Waals surface area (Å²) in [5.74, 6) is 1.58. The van der Waals surface area contributed by atoms with Crippen molar-refractivity contribution in [3.8, 4) is 50.9 Å². The molecule has 0 fully saturated rings. The van der Waals surface area contributed by atoms with Gasteiger partial charge < -0.3 is 18.1 Å². The second-order valence-electron chi connectivity index (χ2n) is 17.0. The predicted octanol–water partition coefficient (Wildman–Crippen LogP) is 13.4. The number of hydrogen-bond acceptors (Lipinski definition) is 3. The molecule has 0 N–H and O–H groups in total. The van der Waals surface area contributed by atoms with Crippen molar-refractivity contribution >= 4 is 55.0 Å². The second kappa shape index (κ2) is 16.8. The van der Waals surface area contributed by atoms with E-state index in [0.717, 1.165) is 33.3 Å². The van der Waals surface area contributed by atoms with Crippen LogP contribution in [0.5, 0.6) is 11.5 Å². The van der Waals surface area contributed by atoms with Crippen LogP contribution in [0.25, 0.3) is 72.3 Å². The topological polar surface area (TPSA) is 39.1 Å². The van der Waals surface area contributed by atoms with Gasteiger partial charge in [-0.25, -0.2) is 4.98 Å². The molecular weight excluding hydrogens is 986 g/mol. The van der Waals surface area contributed by atoms with Gasteiger partial charge in [0.05, 0.1) is 30.4 Å². The molecule has 3 aromatic heterocycles. The molecule has 0 atom stereocenters. The fourth-order valence-electron chi connectivity index (χ4n) is 8.73. The Kier molecular flexibility index (Phi) is 8.38. The van der Waals surface area contributed by atoms with E-state index in [1.807, 2.05) is 66.9 Å². The van der Waals surface area contributed by atoms with E-state index in [2.05, 4.69) is 90.8 Å². The van der Waals surface area contributed by atoms with Crippen LogP contribution in [-0.2, 0) is 21.1 Å². The third kappa shape index (κ3) is 7.88. The first-order valence-electron chi connectivity index (χ1n) is 25.3. The Morgan fingerprint density at radius 2 is 1.25 bits per heavy atom. The molecule has 6 nitrogen and oxygen atoms in total. The molecule has 3 heterocycles. The minimum absolute atomic E-state index is 0. The largest absolute Gasteiger partial charge is 0.510 e. The van der Waals surface area contributed by atoms with Gasteiger partial charge in [0.1, 0.15) is 22.3 Å². The van der Waals surface area contributed by atoms with E-state index in [9.17, 15) is 0 Å².